The minimum atomic E-state index is 0.0315. The third-order valence-corrected chi connectivity index (χ3v) is 6.91. The van der Waals surface area contributed by atoms with Gasteiger partial charge in [0, 0.05) is 49.6 Å². The van der Waals surface area contributed by atoms with Crippen molar-refractivity contribution >= 4 is 23.0 Å². The van der Waals surface area contributed by atoms with E-state index in [0.717, 1.165) is 16.5 Å². The molecule has 0 spiro atoms. The van der Waals surface area contributed by atoms with Gasteiger partial charge in [0.15, 0.2) is 5.11 Å². The average Bonchev–Trinajstić information content (AvgIpc) is 3.54. The minimum Gasteiger partial charge on any atom is -0.378 e. The normalized spacial score (nSPS) is 21.5. The lowest BCUT2D eigenvalue weighted by molar-refractivity contribution is 0.239. The fourth-order valence-corrected chi connectivity index (χ4v) is 5.43. The largest absolute Gasteiger partial charge is 0.378 e. The van der Waals surface area contributed by atoms with Crippen molar-refractivity contribution in [2.75, 3.05) is 19.0 Å². The average molecular weight is 432 g/mol. The predicted molar refractivity (Wildman–Crippen MR) is 130 cm³/mol. The molecule has 1 aliphatic carbocycles. The highest BCUT2D eigenvalue weighted by Gasteiger charge is 2.44. The van der Waals surface area contributed by atoms with Crippen LogP contribution in [-0.2, 0) is 0 Å². The number of pyridine rings is 1. The first-order valence-electron chi connectivity index (χ1n) is 11.1. The molecule has 160 valence electrons. The number of benzene rings is 1. The first-order chi connectivity index (χ1) is 15.1. The van der Waals surface area contributed by atoms with Gasteiger partial charge < -0.3 is 19.7 Å². The summed E-state index contributed by atoms with van der Waals surface area (Å²) in [4.78, 5) is 9.27. The van der Waals surface area contributed by atoms with Crippen LogP contribution in [0.15, 0.2) is 67.0 Å². The van der Waals surface area contributed by atoms with Crippen molar-refractivity contribution < 1.29 is 0 Å². The molecule has 1 N–H and O–H groups in total. The van der Waals surface area contributed by atoms with Crippen LogP contribution in [0.25, 0.3) is 5.69 Å². The molecule has 5 rings (SSSR count). The van der Waals surface area contributed by atoms with Gasteiger partial charge in [-0.25, -0.2) is 0 Å². The summed E-state index contributed by atoms with van der Waals surface area (Å²) < 4.78 is 2.30. The summed E-state index contributed by atoms with van der Waals surface area (Å²) in [5, 5.41) is 4.46. The van der Waals surface area contributed by atoms with Crippen molar-refractivity contribution in [3.05, 3.63) is 78.4 Å². The second-order valence-electron chi connectivity index (χ2n) is 8.69. The molecular formula is C25H29N5S. The van der Waals surface area contributed by atoms with Crippen LogP contribution in [0.5, 0.6) is 0 Å². The molecular weight excluding hydrogens is 402 g/mol. The zero-order valence-electron chi connectivity index (χ0n) is 18.1. The highest BCUT2D eigenvalue weighted by atomic mass is 32.1. The Hall–Kier alpha value is -2.86. The number of thiocarbonyl (C=S) groups is 1. The van der Waals surface area contributed by atoms with E-state index >= 15 is 0 Å². The van der Waals surface area contributed by atoms with E-state index in [4.69, 9.17) is 12.2 Å². The van der Waals surface area contributed by atoms with Crippen LogP contribution >= 0.6 is 12.2 Å². The minimum absolute atomic E-state index is 0.0315. The SMILES string of the molecule is CN(C)c1ccc(-n2cccc2[C@H]2[C@H](c3ccccn3)NC(=S)N2C2CCCC2)cc1. The van der Waals surface area contributed by atoms with Gasteiger partial charge in [-0.05, 0) is 73.6 Å². The van der Waals surface area contributed by atoms with Gasteiger partial charge in [-0.2, -0.15) is 0 Å². The molecule has 31 heavy (non-hydrogen) atoms. The summed E-state index contributed by atoms with van der Waals surface area (Å²) >= 11 is 5.88. The highest BCUT2D eigenvalue weighted by Crippen LogP contribution is 2.43. The summed E-state index contributed by atoms with van der Waals surface area (Å²) in [6.45, 7) is 0. The smallest absolute Gasteiger partial charge is 0.170 e. The zero-order chi connectivity index (χ0) is 21.4. The second-order valence-corrected chi connectivity index (χ2v) is 9.07. The van der Waals surface area contributed by atoms with Crippen molar-refractivity contribution in [3.63, 3.8) is 0 Å². The Balaban J connectivity index is 1.58. The third-order valence-electron chi connectivity index (χ3n) is 6.58. The van der Waals surface area contributed by atoms with Crippen LogP contribution in [0.3, 0.4) is 0 Å². The molecule has 3 heterocycles. The van der Waals surface area contributed by atoms with E-state index in [1.807, 2.05) is 12.3 Å². The molecule has 0 amide bonds. The lowest BCUT2D eigenvalue weighted by atomic mass is 9.99. The third kappa shape index (κ3) is 3.69. The second kappa shape index (κ2) is 8.35. The summed E-state index contributed by atoms with van der Waals surface area (Å²) in [7, 11) is 4.14. The first-order valence-corrected chi connectivity index (χ1v) is 11.5. The predicted octanol–water partition coefficient (Wildman–Crippen LogP) is 4.85. The van der Waals surface area contributed by atoms with E-state index in [2.05, 4.69) is 93.5 Å². The number of rotatable bonds is 5. The Labute approximate surface area is 189 Å². The van der Waals surface area contributed by atoms with Crippen LogP contribution in [0, 0.1) is 0 Å². The number of anilines is 1. The fourth-order valence-electron chi connectivity index (χ4n) is 5.04. The molecule has 0 bridgehead atoms. The molecule has 3 aromatic rings. The van der Waals surface area contributed by atoms with E-state index < -0.39 is 0 Å². The van der Waals surface area contributed by atoms with Crippen LogP contribution in [0.4, 0.5) is 5.69 Å². The fraction of sp³-hybridized carbons (Fsp3) is 0.360. The molecule has 1 saturated heterocycles. The molecule has 6 heteroatoms. The van der Waals surface area contributed by atoms with E-state index in [1.165, 1.54) is 37.1 Å². The standard InChI is InChI=1S/C25H29N5S/c1-28(2)18-12-14-19(15-13-18)29-17-7-11-22(29)24-23(21-10-5-6-16-26-21)27-25(31)30(24)20-8-3-4-9-20/h5-7,10-17,20,23-24H,3-4,8-9H2,1-2H3,(H,27,31)/t23-,24-/m0/s1. The van der Waals surface area contributed by atoms with Crippen LogP contribution in [0.2, 0.25) is 0 Å². The van der Waals surface area contributed by atoms with E-state index in [9.17, 15) is 0 Å². The topological polar surface area (TPSA) is 36.3 Å². The molecule has 0 radical (unpaired) electrons. The molecule has 5 nitrogen and oxygen atoms in total. The zero-order valence-corrected chi connectivity index (χ0v) is 18.9. The van der Waals surface area contributed by atoms with Gasteiger partial charge in [0.2, 0.25) is 0 Å². The summed E-state index contributed by atoms with van der Waals surface area (Å²) in [5.74, 6) is 0. The number of nitrogens with zero attached hydrogens (tertiary/aromatic N) is 4. The molecule has 2 fully saturated rings. The molecule has 2 aliphatic rings. The van der Waals surface area contributed by atoms with Gasteiger partial charge >= 0.3 is 0 Å². The summed E-state index contributed by atoms with van der Waals surface area (Å²) in [5.41, 5.74) is 4.63. The van der Waals surface area contributed by atoms with Gasteiger partial charge in [0.1, 0.15) is 0 Å². The van der Waals surface area contributed by atoms with Gasteiger partial charge in [-0.15, -0.1) is 0 Å². The number of nitrogens with one attached hydrogen (secondary N) is 1. The van der Waals surface area contributed by atoms with Gasteiger partial charge in [0.05, 0.1) is 17.8 Å². The van der Waals surface area contributed by atoms with Gasteiger partial charge in [-0.3, -0.25) is 4.98 Å². The van der Waals surface area contributed by atoms with Crippen molar-refractivity contribution in [1.82, 2.24) is 19.8 Å². The summed E-state index contributed by atoms with van der Waals surface area (Å²) in [6, 6.07) is 19.8. The molecule has 2 atom stereocenters. The molecule has 1 aromatic carbocycles. The summed E-state index contributed by atoms with van der Waals surface area (Å²) in [6.07, 6.45) is 8.98. The van der Waals surface area contributed by atoms with Gasteiger partial charge in [0.25, 0.3) is 0 Å². The van der Waals surface area contributed by atoms with Crippen molar-refractivity contribution in [2.45, 2.75) is 43.8 Å². The van der Waals surface area contributed by atoms with Gasteiger partial charge in [-0.1, -0.05) is 18.9 Å². The number of aromatic nitrogens is 2. The molecule has 0 unspecified atom stereocenters. The number of hydrogen-bond acceptors (Lipinski definition) is 3. The first kappa shape index (κ1) is 20.1. The van der Waals surface area contributed by atoms with E-state index in [0.29, 0.717) is 6.04 Å². The van der Waals surface area contributed by atoms with E-state index in [1.54, 1.807) is 0 Å². The number of hydrogen-bond donors (Lipinski definition) is 1. The van der Waals surface area contributed by atoms with Crippen molar-refractivity contribution in [3.8, 4) is 5.69 Å². The highest BCUT2D eigenvalue weighted by molar-refractivity contribution is 7.80. The van der Waals surface area contributed by atoms with Crippen LogP contribution in [0.1, 0.15) is 49.2 Å². The molecule has 1 saturated carbocycles. The van der Waals surface area contributed by atoms with Crippen LogP contribution < -0.4 is 10.2 Å². The Morgan fingerprint density at radius 1 is 1.00 bits per heavy atom. The Bertz CT molecular complexity index is 1040. The van der Waals surface area contributed by atoms with Crippen LogP contribution in [-0.4, -0.2) is 39.7 Å². The lowest BCUT2D eigenvalue weighted by Crippen LogP contribution is -2.38. The van der Waals surface area contributed by atoms with Crippen molar-refractivity contribution in [2.24, 2.45) is 0 Å². The lowest BCUT2D eigenvalue weighted by Gasteiger charge is -2.33. The Morgan fingerprint density at radius 2 is 1.77 bits per heavy atom. The van der Waals surface area contributed by atoms with E-state index in [-0.39, 0.29) is 12.1 Å². The quantitative estimate of drug-likeness (QED) is 0.584. The molecule has 1 aliphatic heterocycles. The maximum Gasteiger partial charge on any atom is 0.170 e. The monoisotopic (exact) mass is 431 g/mol. The maximum atomic E-state index is 5.88. The Kier molecular flexibility index (Phi) is 5.40. The molecule has 2 aromatic heterocycles. The Morgan fingerprint density at radius 3 is 2.45 bits per heavy atom. The maximum absolute atomic E-state index is 5.88. The van der Waals surface area contributed by atoms with Crippen molar-refractivity contribution in [1.29, 1.82) is 0 Å².